The fourth-order valence-corrected chi connectivity index (χ4v) is 4.76. The van der Waals surface area contributed by atoms with E-state index in [-0.39, 0.29) is 5.91 Å². The van der Waals surface area contributed by atoms with Gasteiger partial charge in [-0.25, -0.2) is 20.0 Å². The minimum Gasteiger partial charge on any atom is -0.311 e. The molecule has 3 amide bonds. The van der Waals surface area contributed by atoms with Crippen molar-refractivity contribution >= 4 is 34.5 Å². The van der Waals surface area contributed by atoms with Crippen LogP contribution in [0.5, 0.6) is 0 Å². The number of halogens is 1. The molecule has 1 unspecified atom stereocenters. The van der Waals surface area contributed by atoms with Crippen molar-refractivity contribution in [3.05, 3.63) is 89.7 Å². The molecule has 4 aromatic rings. The Labute approximate surface area is 241 Å². The number of amides is 3. The molecule has 0 radical (unpaired) electrons. The maximum Gasteiger partial charge on any atom is 0.371 e. The summed E-state index contributed by atoms with van der Waals surface area (Å²) >= 11 is 0. The summed E-state index contributed by atoms with van der Waals surface area (Å²) in [5.41, 5.74) is 9.87. The lowest BCUT2D eigenvalue weighted by Gasteiger charge is -2.32. The fraction of sp³-hybridized carbons (Fsp3) is 0.194. The number of benzene rings is 2. The molecule has 1 aliphatic heterocycles. The van der Waals surface area contributed by atoms with Gasteiger partial charge in [0.1, 0.15) is 6.04 Å². The molecule has 0 aliphatic carbocycles. The van der Waals surface area contributed by atoms with Crippen LogP contribution in [0.2, 0.25) is 0 Å². The second-order valence-electron chi connectivity index (χ2n) is 9.59. The Morgan fingerprint density at radius 1 is 1.00 bits per heavy atom. The smallest absolute Gasteiger partial charge is 0.311 e. The zero-order chi connectivity index (χ0) is 29.5. The van der Waals surface area contributed by atoms with Gasteiger partial charge in [-0.3, -0.25) is 20.1 Å². The van der Waals surface area contributed by atoms with E-state index in [2.05, 4.69) is 37.9 Å². The number of likely N-dealkylation sites (tertiary alicyclic amines) is 1. The van der Waals surface area contributed by atoms with Crippen molar-refractivity contribution in [3.63, 3.8) is 0 Å². The SMILES string of the molecule is CNNC(=O)c1cc(-c2ccc(C#Cc3ccc(NC(=O)N4CCCCC4C(=O)OF)cc3)cc2)nc2ccncc12. The number of pyridine rings is 2. The third-order valence-corrected chi connectivity index (χ3v) is 6.87. The predicted molar refractivity (Wildman–Crippen MR) is 154 cm³/mol. The lowest BCUT2D eigenvalue weighted by molar-refractivity contribution is -0.190. The number of aromatic nitrogens is 2. The summed E-state index contributed by atoms with van der Waals surface area (Å²) < 4.78 is 12.4. The van der Waals surface area contributed by atoms with E-state index < -0.39 is 18.0 Å². The van der Waals surface area contributed by atoms with Gasteiger partial charge in [-0.1, -0.05) is 24.0 Å². The number of hydrogen-bond acceptors (Lipinski definition) is 7. The van der Waals surface area contributed by atoms with Gasteiger partial charge in [0.25, 0.3) is 5.91 Å². The maximum absolute atomic E-state index is 12.7. The van der Waals surface area contributed by atoms with E-state index in [0.717, 1.165) is 23.1 Å². The van der Waals surface area contributed by atoms with E-state index in [1.807, 2.05) is 24.3 Å². The van der Waals surface area contributed by atoms with Crippen LogP contribution in [-0.4, -0.2) is 52.4 Å². The summed E-state index contributed by atoms with van der Waals surface area (Å²) in [7, 11) is 1.62. The van der Waals surface area contributed by atoms with Gasteiger partial charge < -0.3 is 10.2 Å². The van der Waals surface area contributed by atoms with Gasteiger partial charge in [-0.05, 0) is 67.8 Å². The zero-order valence-corrected chi connectivity index (χ0v) is 22.7. The lowest BCUT2D eigenvalue weighted by Crippen LogP contribution is -2.49. The van der Waals surface area contributed by atoms with Crippen molar-refractivity contribution in [2.45, 2.75) is 25.3 Å². The van der Waals surface area contributed by atoms with Crippen LogP contribution in [0.25, 0.3) is 22.2 Å². The van der Waals surface area contributed by atoms with Crippen molar-refractivity contribution < 1.29 is 23.9 Å². The quantitative estimate of drug-likeness (QED) is 0.242. The van der Waals surface area contributed by atoms with Crippen molar-refractivity contribution in [2.24, 2.45) is 0 Å². The predicted octanol–water partition coefficient (Wildman–Crippen LogP) is 4.37. The van der Waals surface area contributed by atoms with Crippen molar-refractivity contribution in [3.8, 4) is 23.1 Å². The number of piperidine rings is 1. The van der Waals surface area contributed by atoms with Gasteiger partial charge in [0.05, 0.1) is 16.8 Å². The van der Waals surface area contributed by atoms with Crippen LogP contribution in [-0.2, 0) is 9.74 Å². The fourth-order valence-electron chi connectivity index (χ4n) is 4.76. The number of anilines is 1. The summed E-state index contributed by atoms with van der Waals surface area (Å²) in [6.45, 7) is 0.342. The number of nitrogens with one attached hydrogen (secondary N) is 3. The Morgan fingerprint density at radius 2 is 1.71 bits per heavy atom. The third-order valence-electron chi connectivity index (χ3n) is 6.87. The van der Waals surface area contributed by atoms with Crippen LogP contribution in [0.4, 0.5) is 15.0 Å². The summed E-state index contributed by atoms with van der Waals surface area (Å²) in [5, 5.41) is 3.40. The molecule has 3 heterocycles. The molecule has 1 atom stereocenters. The average Bonchev–Trinajstić information content (AvgIpc) is 3.03. The molecule has 5 rings (SSSR count). The molecule has 1 saturated heterocycles. The molecule has 2 aromatic heterocycles. The number of carbonyl (C=O) groups is 3. The monoisotopic (exact) mass is 566 g/mol. The molecule has 1 aliphatic rings. The zero-order valence-electron chi connectivity index (χ0n) is 22.7. The molecule has 0 saturated carbocycles. The molecule has 3 N–H and O–H groups in total. The summed E-state index contributed by atoms with van der Waals surface area (Å²) in [6.07, 6.45) is 5.05. The van der Waals surface area contributed by atoms with Gasteiger partial charge in [0.15, 0.2) is 0 Å². The van der Waals surface area contributed by atoms with Crippen LogP contribution >= 0.6 is 0 Å². The van der Waals surface area contributed by atoms with E-state index >= 15 is 0 Å². The van der Waals surface area contributed by atoms with Crippen molar-refractivity contribution in [1.29, 1.82) is 0 Å². The Bertz CT molecular complexity index is 1680. The van der Waals surface area contributed by atoms with E-state index in [4.69, 9.17) is 4.98 Å². The van der Waals surface area contributed by atoms with Crippen LogP contribution in [0.3, 0.4) is 0 Å². The Balaban J connectivity index is 1.27. The number of fused-ring (bicyclic) bond motifs is 1. The molecular weight excluding hydrogens is 539 g/mol. The standard InChI is InChI=1S/C31H27FN6O4/c1-33-37-29(39)24-18-27(36-26-15-16-34-19-25(24)26)22-11-7-20(8-12-22)5-6-21-9-13-23(14-10-21)35-31(41)38-17-3-2-4-28(38)30(40)42-32/h7-16,18-19,28,33H,2-4,17H2,1H3,(H,35,41)(H,37,39). The second-order valence-corrected chi connectivity index (χ2v) is 9.59. The highest BCUT2D eigenvalue weighted by Crippen LogP contribution is 2.25. The molecule has 0 spiro atoms. The molecular formula is C31H27FN6O4. The number of hydrazine groups is 1. The lowest BCUT2D eigenvalue weighted by atomic mass is 10.0. The topological polar surface area (TPSA) is 126 Å². The maximum atomic E-state index is 12.7. The van der Waals surface area contributed by atoms with E-state index in [1.165, 1.54) is 4.90 Å². The van der Waals surface area contributed by atoms with E-state index in [1.54, 1.807) is 55.8 Å². The number of nitrogens with zero attached hydrogens (tertiary/aromatic N) is 3. The van der Waals surface area contributed by atoms with Gasteiger partial charge >= 0.3 is 12.0 Å². The largest absolute Gasteiger partial charge is 0.371 e. The van der Waals surface area contributed by atoms with E-state index in [0.29, 0.717) is 47.2 Å². The van der Waals surface area contributed by atoms with Gasteiger partial charge in [0, 0.05) is 58.3 Å². The number of hydrogen-bond donors (Lipinski definition) is 3. The molecule has 11 heteroatoms. The van der Waals surface area contributed by atoms with Crippen LogP contribution < -0.4 is 16.2 Å². The van der Waals surface area contributed by atoms with Crippen molar-refractivity contribution in [1.82, 2.24) is 25.7 Å². The van der Waals surface area contributed by atoms with Gasteiger partial charge in [-0.2, -0.15) is 0 Å². The van der Waals surface area contributed by atoms with Crippen LogP contribution in [0.15, 0.2) is 73.1 Å². The highest BCUT2D eigenvalue weighted by Gasteiger charge is 2.34. The first kappa shape index (κ1) is 28.2. The summed E-state index contributed by atoms with van der Waals surface area (Å²) in [6, 6.07) is 16.6. The minimum atomic E-state index is -1.06. The van der Waals surface area contributed by atoms with E-state index in [9.17, 15) is 18.9 Å². The molecule has 42 heavy (non-hydrogen) atoms. The van der Waals surface area contributed by atoms with Crippen LogP contribution in [0, 0.1) is 11.8 Å². The number of urea groups is 1. The Hall–Kier alpha value is -5.34. The van der Waals surface area contributed by atoms with Gasteiger partial charge in [-0.15, -0.1) is 0 Å². The van der Waals surface area contributed by atoms with Gasteiger partial charge in [0.2, 0.25) is 0 Å². The molecule has 212 valence electrons. The number of carbonyl (C=O) groups excluding carboxylic acids is 3. The first-order chi connectivity index (χ1) is 20.5. The molecule has 1 fully saturated rings. The Morgan fingerprint density at radius 3 is 2.40 bits per heavy atom. The molecule has 0 bridgehead atoms. The number of rotatable bonds is 5. The normalized spacial score (nSPS) is 14.4. The summed E-state index contributed by atoms with van der Waals surface area (Å²) in [4.78, 5) is 50.5. The Kier molecular flexibility index (Phi) is 8.65. The molecule has 2 aromatic carbocycles. The first-order valence-electron chi connectivity index (χ1n) is 13.3. The highest BCUT2D eigenvalue weighted by molar-refractivity contribution is 6.06. The molecule has 10 nitrogen and oxygen atoms in total. The second kappa shape index (κ2) is 12.9. The minimum absolute atomic E-state index is 0.288. The first-order valence-corrected chi connectivity index (χ1v) is 13.3. The highest BCUT2D eigenvalue weighted by atomic mass is 19.3. The van der Waals surface area contributed by atoms with Crippen molar-refractivity contribution in [2.75, 3.05) is 18.9 Å². The summed E-state index contributed by atoms with van der Waals surface area (Å²) in [5.74, 6) is 4.87. The average molecular weight is 567 g/mol. The third kappa shape index (κ3) is 6.35. The van der Waals surface area contributed by atoms with Crippen LogP contribution in [0.1, 0.15) is 40.7 Å².